The second-order valence-electron chi connectivity index (χ2n) is 8.89. The van der Waals surface area contributed by atoms with Crippen molar-refractivity contribution in [3.8, 4) is 0 Å². The van der Waals surface area contributed by atoms with E-state index >= 15 is 0 Å². The van der Waals surface area contributed by atoms with Gasteiger partial charge >= 0.3 is 0 Å². The quantitative estimate of drug-likeness (QED) is 0.119. The highest BCUT2D eigenvalue weighted by atomic mass is 15.5. The van der Waals surface area contributed by atoms with E-state index in [1.165, 1.54) is 146 Å². The molecule has 0 radical (unpaired) electrons. The van der Waals surface area contributed by atoms with Crippen LogP contribution in [0.25, 0.3) is 0 Å². The van der Waals surface area contributed by atoms with Crippen molar-refractivity contribution in [2.45, 2.75) is 129 Å². The molecular formula is C24H50N+. The summed E-state index contributed by atoms with van der Waals surface area (Å²) >= 11 is 0. The van der Waals surface area contributed by atoms with Crippen LogP contribution in [-0.2, 0) is 0 Å². The summed E-state index contributed by atoms with van der Waals surface area (Å²) in [5, 5.41) is 0. The first-order chi connectivity index (χ1) is 12.3. The van der Waals surface area contributed by atoms with E-state index in [9.17, 15) is 0 Å². The maximum absolute atomic E-state index is 2.31. The van der Waals surface area contributed by atoms with Crippen molar-refractivity contribution >= 4 is 0 Å². The van der Waals surface area contributed by atoms with Crippen LogP contribution in [-0.4, -0.2) is 30.7 Å². The molecule has 0 N–H and O–H groups in total. The zero-order valence-electron chi connectivity index (χ0n) is 18.0. The molecule has 0 aromatic rings. The van der Waals surface area contributed by atoms with E-state index in [1.807, 2.05) is 0 Å². The summed E-state index contributed by atoms with van der Waals surface area (Å²) in [5.74, 6) is 0. The molecular weight excluding hydrogens is 302 g/mol. The van der Waals surface area contributed by atoms with Crippen LogP contribution in [0.1, 0.15) is 129 Å². The van der Waals surface area contributed by atoms with Crippen LogP contribution in [0.2, 0.25) is 0 Å². The number of hydrogen-bond acceptors (Lipinski definition) is 0. The maximum Gasteiger partial charge on any atom is 0.129 e. The molecule has 0 unspecified atom stereocenters. The standard InChI is InChI=1S/C24H50N/c1-3-5-7-9-11-13-14-16-18-20-22-25(23-24-25)21-19-17-15-12-10-8-6-4-2/h3-24H2,1-2H3/q+1. The lowest BCUT2D eigenvalue weighted by Gasteiger charge is -2.18. The van der Waals surface area contributed by atoms with E-state index in [-0.39, 0.29) is 0 Å². The summed E-state index contributed by atoms with van der Waals surface area (Å²) < 4.78 is 1.49. The van der Waals surface area contributed by atoms with Gasteiger partial charge in [-0.25, -0.2) is 0 Å². The van der Waals surface area contributed by atoms with Gasteiger partial charge in [0.15, 0.2) is 0 Å². The molecule has 0 aromatic heterocycles. The molecule has 0 spiro atoms. The first-order valence-electron chi connectivity index (χ1n) is 12.2. The minimum absolute atomic E-state index is 1.37. The van der Waals surface area contributed by atoms with Crippen LogP contribution in [0.15, 0.2) is 0 Å². The number of rotatable bonds is 20. The van der Waals surface area contributed by atoms with Gasteiger partial charge in [-0.3, -0.25) is 0 Å². The third kappa shape index (κ3) is 13.8. The Kier molecular flexibility index (Phi) is 14.9. The molecule has 1 nitrogen and oxygen atoms in total. The lowest BCUT2D eigenvalue weighted by Crippen LogP contribution is -2.28. The maximum atomic E-state index is 2.31. The third-order valence-corrected chi connectivity index (χ3v) is 6.33. The largest absolute Gasteiger partial charge is 0.314 e. The lowest BCUT2D eigenvalue weighted by atomic mass is 10.1. The number of hydrogen-bond donors (Lipinski definition) is 0. The van der Waals surface area contributed by atoms with Crippen LogP contribution in [0.4, 0.5) is 0 Å². The van der Waals surface area contributed by atoms with Crippen LogP contribution >= 0.6 is 0 Å². The van der Waals surface area contributed by atoms with Crippen LogP contribution in [0, 0.1) is 0 Å². The van der Waals surface area contributed by atoms with Crippen molar-refractivity contribution in [3.05, 3.63) is 0 Å². The molecule has 0 aromatic carbocycles. The van der Waals surface area contributed by atoms with Gasteiger partial charge in [-0.2, -0.15) is 0 Å². The van der Waals surface area contributed by atoms with E-state index in [0.717, 1.165) is 0 Å². The zero-order chi connectivity index (χ0) is 18.1. The molecule has 1 rings (SSSR count). The summed E-state index contributed by atoms with van der Waals surface area (Å²) in [4.78, 5) is 0. The van der Waals surface area contributed by atoms with Gasteiger partial charge in [-0.15, -0.1) is 0 Å². The monoisotopic (exact) mass is 352 g/mol. The number of quaternary nitrogens is 1. The lowest BCUT2D eigenvalue weighted by molar-refractivity contribution is -0.800. The third-order valence-electron chi connectivity index (χ3n) is 6.33. The van der Waals surface area contributed by atoms with Crippen molar-refractivity contribution in [1.29, 1.82) is 0 Å². The van der Waals surface area contributed by atoms with E-state index < -0.39 is 0 Å². The molecule has 1 saturated heterocycles. The highest BCUT2D eigenvalue weighted by Gasteiger charge is 2.40. The summed E-state index contributed by atoms with van der Waals surface area (Å²) in [5.41, 5.74) is 0. The van der Waals surface area contributed by atoms with Gasteiger partial charge in [0.2, 0.25) is 0 Å². The fraction of sp³-hybridized carbons (Fsp3) is 1.00. The Balaban J connectivity index is 1.81. The number of nitrogens with zero attached hydrogens (tertiary/aromatic N) is 1. The van der Waals surface area contributed by atoms with Gasteiger partial charge in [0.25, 0.3) is 0 Å². The summed E-state index contributed by atoms with van der Waals surface area (Å²) in [7, 11) is 0. The Morgan fingerprint density at radius 1 is 0.400 bits per heavy atom. The Hall–Kier alpha value is -0.0400. The molecule has 1 aliphatic rings. The predicted molar refractivity (Wildman–Crippen MR) is 114 cm³/mol. The molecule has 1 heterocycles. The van der Waals surface area contributed by atoms with Gasteiger partial charge in [0.1, 0.15) is 13.1 Å². The van der Waals surface area contributed by atoms with Gasteiger partial charge in [-0.05, 0) is 25.7 Å². The Morgan fingerprint density at radius 3 is 0.960 bits per heavy atom. The fourth-order valence-corrected chi connectivity index (χ4v) is 4.22. The zero-order valence-corrected chi connectivity index (χ0v) is 18.0. The molecule has 1 heteroatoms. The normalized spacial score (nSPS) is 15.6. The van der Waals surface area contributed by atoms with Crippen molar-refractivity contribution in [2.24, 2.45) is 0 Å². The van der Waals surface area contributed by atoms with Crippen LogP contribution in [0.3, 0.4) is 0 Å². The molecule has 0 bridgehead atoms. The van der Waals surface area contributed by atoms with Gasteiger partial charge in [0.05, 0.1) is 13.1 Å². The first kappa shape index (κ1) is 23.0. The molecule has 0 amide bonds. The van der Waals surface area contributed by atoms with Crippen LogP contribution < -0.4 is 0 Å². The summed E-state index contributed by atoms with van der Waals surface area (Å²) in [6.45, 7) is 10.6. The van der Waals surface area contributed by atoms with E-state index in [1.54, 1.807) is 0 Å². The molecule has 150 valence electrons. The summed E-state index contributed by atoms with van der Waals surface area (Å²) in [6.07, 6.45) is 26.4. The minimum atomic E-state index is 1.37. The SMILES string of the molecule is CCCCCCCCCCCC[N+]1(CCCCCCCCCC)CC1. The fourth-order valence-electron chi connectivity index (χ4n) is 4.22. The first-order valence-corrected chi connectivity index (χ1v) is 12.2. The second-order valence-corrected chi connectivity index (χ2v) is 8.89. The van der Waals surface area contributed by atoms with Crippen molar-refractivity contribution in [3.63, 3.8) is 0 Å². The van der Waals surface area contributed by atoms with Crippen LogP contribution in [0.5, 0.6) is 0 Å². The molecule has 25 heavy (non-hydrogen) atoms. The average Bonchev–Trinajstić information content (AvgIpc) is 3.39. The van der Waals surface area contributed by atoms with Crippen molar-refractivity contribution in [2.75, 3.05) is 26.2 Å². The molecule has 1 aliphatic heterocycles. The van der Waals surface area contributed by atoms with Gasteiger partial charge in [0, 0.05) is 0 Å². The molecule has 0 atom stereocenters. The Labute approximate surface area is 160 Å². The van der Waals surface area contributed by atoms with Crippen molar-refractivity contribution in [1.82, 2.24) is 0 Å². The van der Waals surface area contributed by atoms with Gasteiger partial charge in [-0.1, -0.05) is 104 Å². The molecule has 0 aliphatic carbocycles. The Bertz CT molecular complexity index is 269. The minimum Gasteiger partial charge on any atom is -0.314 e. The number of unbranched alkanes of at least 4 members (excludes halogenated alkanes) is 16. The Morgan fingerprint density at radius 2 is 0.680 bits per heavy atom. The van der Waals surface area contributed by atoms with E-state index in [0.29, 0.717) is 0 Å². The highest BCUT2D eigenvalue weighted by Crippen LogP contribution is 2.24. The summed E-state index contributed by atoms with van der Waals surface area (Å²) in [6, 6.07) is 0. The smallest absolute Gasteiger partial charge is 0.129 e. The topological polar surface area (TPSA) is 0 Å². The second kappa shape index (κ2) is 16.2. The average molecular weight is 353 g/mol. The van der Waals surface area contributed by atoms with Gasteiger partial charge < -0.3 is 4.48 Å². The van der Waals surface area contributed by atoms with E-state index in [2.05, 4.69) is 13.8 Å². The predicted octanol–water partition coefficient (Wildman–Crippen LogP) is 7.88. The highest BCUT2D eigenvalue weighted by molar-refractivity contribution is 4.59. The van der Waals surface area contributed by atoms with Crippen molar-refractivity contribution < 1.29 is 4.48 Å². The molecule has 1 fully saturated rings. The van der Waals surface area contributed by atoms with E-state index in [4.69, 9.17) is 0 Å². The molecule has 0 saturated carbocycles.